The fourth-order valence-corrected chi connectivity index (χ4v) is 2.01. The van der Waals surface area contributed by atoms with Gasteiger partial charge in [-0.05, 0) is 6.92 Å². The van der Waals surface area contributed by atoms with Crippen LogP contribution in [0, 0.1) is 0 Å². The second-order valence-electron chi connectivity index (χ2n) is 3.22. The Morgan fingerprint density at radius 2 is 2.38 bits per heavy atom. The van der Waals surface area contributed by atoms with Crippen molar-refractivity contribution in [1.29, 1.82) is 0 Å². The van der Waals surface area contributed by atoms with Crippen molar-refractivity contribution >= 4 is 11.7 Å². The van der Waals surface area contributed by atoms with Crippen molar-refractivity contribution < 1.29 is 4.74 Å². The first kappa shape index (κ1) is 11.0. The van der Waals surface area contributed by atoms with Gasteiger partial charge in [0.15, 0.2) is 5.75 Å². The molecule has 6 nitrogen and oxygen atoms in total. The molecule has 2 aromatic rings. The molecule has 7 heteroatoms. The van der Waals surface area contributed by atoms with Gasteiger partial charge < -0.3 is 10.5 Å². The normalized spacial score (nSPS) is 12.7. The second-order valence-corrected chi connectivity index (χ2v) is 3.78. The van der Waals surface area contributed by atoms with Gasteiger partial charge in [0, 0.05) is 6.54 Å². The predicted molar refractivity (Wildman–Crippen MR) is 60.4 cm³/mol. The zero-order valence-corrected chi connectivity index (χ0v) is 9.94. The SMILES string of the molecule is CCn1ncc(OC)c1C(N)c1cnsn1. The van der Waals surface area contributed by atoms with E-state index >= 15 is 0 Å². The molecule has 2 N–H and O–H groups in total. The summed E-state index contributed by atoms with van der Waals surface area (Å²) < 4.78 is 15.1. The van der Waals surface area contributed by atoms with Crippen LogP contribution in [0.4, 0.5) is 0 Å². The molecule has 0 aliphatic rings. The number of aryl methyl sites for hydroxylation is 1. The first-order valence-electron chi connectivity index (χ1n) is 4.90. The second kappa shape index (κ2) is 4.58. The fourth-order valence-electron chi connectivity index (χ4n) is 1.55. The standard InChI is InChI=1S/C9H13N5OS/c1-3-14-9(7(15-2)5-11-14)8(10)6-4-12-16-13-6/h4-5,8H,3,10H2,1-2H3. The maximum Gasteiger partial charge on any atom is 0.161 e. The minimum Gasteiger partial charge on any atom is -0.493 e. The van der Waals surface area contributed by atoms with E-state index in [1.54, 1.807) is 19.5 Å². The molecule has 0 aliphatic carbocycles. The molecule has 0 saturated carbocycles. The number of ether oxygens (including phenoxy) is 1. The first-order chi connectivity index (χ1) is 7.77. The summed E-state index contributed by atoms with van der Waals surface area (Å²) in [6.45, 7) is 2.74. The van der Waals surface area contributed by atoms with Crippen molar-refractivity contribution in [3.8, 4) is 5.75 Å². The van der Waals surface area contributed by atoms with Gasteiger partial charge in [0.25, 0.3) is 0 Å². The van der Waals surface area contributed by atoms with Gasteiger partial charge in [0.05, 0.1) is 43.0 Å². The van der Waals surface area contributed by atoms with Gasteiger partial charge in [0.1, 0.15) is 5.69 Å². The molecule has 0 bridgehead atoms. The van der Waals surface area contributed by atoms with Gasteiger partial charge in [-0.25, -0.2) is 0 Å². The van der Waals surface area contributed by atoms with Crippen molar-refractivity contribution in [2.75, 3.05) is 7.11 Å². The fraction of sp³-hybridized carbons (Fsp3) is 0.444. The first-order valence-corrected chi connectivity index (χ1v) is 5.63. The predicted octanol–water partition coefficient (Wildman–Crippen LogP) is 0.811. The quantitative estimate of drug-likeness (QED) is 0.854. The highest BCUT2D eigenvalue weighted by atomic mass is 32.1. The highest BCUT2D eigenvalue weighted by Crippen LogP contribution is 2.27. The largest absolute Gasteiger partial charge is 0.493 e. The topological polar surface area (TPSA) is 78.9 Å². The summed E-state index contributed by atoms with van der Waals surface area (Å²) >= 11 is 1.14. The van der Waals surface area contributed by atoms with Crippen molar-refractivity contribution in [2.24, 2.45) is 5.73 Å². The molecule has 2 rings (SSSR count). The van der Waals surface area contributed by atoms with Gasteiger partial charge >= 0.3 is 0 Å². The third-order valence-corrected chi connectivity index (χ3v) is 2.85. The average Bonchev–Trinajstić information content (AvgIpc) is 2.96. The molecule has 0 spiro atoms. The molecule has 0 radical (unpaired) electrons. The van der Waals surface area contributed by atoms with Crippen molar-refractivity contribution in [3.05, 3.63) is 23.8 Å². The number of rotatable bonds is 4. The van der Waals surface area contributed by atoms with Crippen LogP contribution in [0.2, 0.25) is 0 Å². The molecule has 0 fully saturated rings. The van der Waals surface area contributed by atoms with Crippen LogP contribution in [0.1, 0.15) is 24.4 Å². The third kappa shape index (κ3) is 1.79. The minimum absolute atomic E-state index is 0.351. The number of nitrogens with zero attached hydrogens (tertiary/aromatic N) is 4. The number of nitrogens with two attached hydrogens (primary N) is 1. The average molecular weight is 239 g/mol. The van der Waals surface area contributed by atoms with E-state index in [2.05, 4.69) is 13.8 Å². The summed E-state index contributed by atoms with van der Waals surface area (Å²) in [6, 6.07) is -0.351. The van der Waals surface area contributed by atoms with Gasteiger partial charge in [-0.15, -0.1) is 0 Å². The Morgan fingerprint density at radius 1 is 1.56 bits per heavy atom. The third-order valence-electron chi connectivity index (χ3n) is 2.36. The smallest absolute Gasteiger partial charge is 0.161 e. The lowest BCUT2D eigenvalue weighted by atomic mass is 10.1. The Kier molecular flexibility index (Phi) is 3.16. The number of hydrogen-bond donors (Lipinski definition) is 1. The van der Waals surface area contributed by atoms with Crippen LogP contribution in [0.15, 0.2) is 12.4 Å². The molecule has 2 aromatic heterocycles. The lowest BCUT2D eigenvalue weighted by molar-refractivity contribution is 0.404. The molecule has 0 aromatic carbocycles. The summed E-state index contributed by atoms with van der Waals surface area (Å²) in [5.41, 5.74) is 7.69. The summed E-state index contributed by atoms with van der Waals surface area (Å²) in [4.78, 5) is 0. The Bertz CT molecular complexity index is 431. The van der Waals surface area contributed by atoms with Gasteiger partial charge in [-0.2, -0.15) is 13.8 Å². The van der Waals surface area contributed by atoms with Crippen molar-refractivity contribution in [1.82, 2.24) is 18.5 Å². The van der Waals surface area contributed by atoms with Crippen LogP contribution in [0.3, 0.4) is 0 Å². The van der Waals surface area contributed by atoms with Crippen LogP contribution in [0.25, 0.3) is 0 Å². The Morgan fingerprint density at radius 3 is 2.94 bits per heavy atom. The van der Waals surface area contributed by atoms with Crippen LogP contribution in [0.5, 0.6) is 5.75 Å². The van der Waals surface area contributed by atoms with E-state index in [0.717, 1.165) is 29.7 Å². The van der Waals surface area contributed by atoms with Gasteiger partial charge in [-0.3, -0.25) is 4.68 Å². The van der Waals surface area contributed by atoms with E-state index in [0.29, 0.717) is 5.75 Å². The Balaban J connectivity index is 2.41. The van der Waals surface area contributed by atoms with Crippen LogP contribution in [-0.4, -0.2) is 25.6 Å². The maximum atomic E-state index is 6.12. The van der Waals surface area contributed by atoms with E-state index in [1.807, 2.05) is 11.6 Å². The number of hydrogen-bond acceptors (Lipinski definition) is 6. The van der Waals surface area contributed by atoms with Crippen LogP contribution >= 0.6 is 11.7 Å². The highest BCUT2D eigenvalue weighted by Gasteiger charge is 2.21. The molecule has 0 amide bonds. The molecule has 1 unspecified atom stereocenters. The molecular weight excluding hydrogens is 226 g/mol. The lowest BCUT2D eigenvalue weighted by Crippen LogP contribution is -2.18. The number of aromatic nitrogens is 4. The lowest BCUT2D eigenvalue weighted by Gasteiger charge is -2.12. The van der Waals surface area contributed by atoms with Gasteiger partial charge in [-0.1, -0.05) is 0 Å². The zero-order chi connectivity index (χ0) is 11.5. The minimum atomic E-state index is -0.351. The summed E-state index contributed by atoms with van der Waals surface area (Å²) in [6.07, 6.45) is 3.33. The number of methoxy groups -OCH3 is 1. The maximum absolute atomic E-state index is 6.12. The van der Waals surface area contributed by atoms with Gasteiger partial charge in [0.2, 0.25) is 0 Å². The van der Waals surface area contributed by atoms with Crippen LogP contribution in [-0.2, 0) is 6.54 Å². The van der Waals surface area contributed by atoms with E-state index in [4.69, 9.17) is 10.5 Å². The van der Waals surface area contributed by atoms with E-state index in [9.17, 15) is 0 Å². The highest BCUT2D eigenvalue weighted by molar-refractivity contribution is 6.99. The molecule has 2 heterocycles. The van der Waals surface area contributed by atoms with E-state index < -0.39 is 0 Å². The molecule has 16 heavy (non-hydrogen) atoms. The van der Waals surface area contributed by atoms with E-state index in [1.165, 1.54) is 0 Å². The summed E-state index contributed by atoms with van der Waals surface area (Å²) in [5, 5.41) is 4.20. The molecule has 1 atom stereocenters. The molecule has 0 aliphatic heterocycles. The zero-order valence-electron chi connectivity index (χ0n) is 9.12. The Hall–Kier alpha value is -1.47. The summed E-state index contributed by atoms with van der Waals surface area (Å²) in [5.74, 6) is 0.683. The monoisotopic (exact) mass is 239 g/mol. The molecular formula is C9H13N5OS. The summed E-state index contributed by atoms with van der Waals surface area (Å²) in [7, 11) is 1.60. The van der Waals surface area contributed by atoms with Crippen molar-refractivity contribution in [2.45, 2.75) is 19.5 Å². The molecule has 0 saturated heterocycles. The van der Waals surface area contributed by atoms with Crippen LogP contribution < -0.4 is 10.5 Å². The van der Waals surface area contributed by atoms with Crippen molar-refractivity contribution in [3.63, 3.8) is 0 Å². The van der Waals surface area contributed by atoms with E-state index in [-0.39, 0.29) is 6.04 Å². The Labute approximate surface area is 97.4 Å². The molecule has 86 valence electrons.